The highest BCUT2D eigenvalue weighted by Gasteiger charge is 2.40. The predicted molar refractivity (Wildman–Crippen MR) is 89.0 cm³/mol. The third kappa shape index (κ3) is 2.74. The van der Waals surface area contributed by atoms with Crippen LogP contribution in [0.25, 0.3) is 11.3 Å². The van der Waals surface area contributed by atoms with Crippen LogP contribution >= 0.6 is 0 Å². The molecule has 0 unspecified atom stereocenters. The molecule has 1 aliphatic carbocycles. The van der Waals surface area contributed by atoms with Crippen molar-refractivity contribution >= 4 is 11.8 Å². The minimum Gasteiger partial charge on any atom is -0.371 e. The van der Waals surface area contributed by atoms with Gasteiger partial charge in [-0.3, -0.25) is 0 Å². The van der Waals surface area contributed by atoms with E-state index in [1.807, 2.05) is 30.3 Å². The molecule has 120 valence electrons. The Labute approximate surface area is 135 Å². The second-order valence-corrected chi connectivity index (χ2v) is 6.37. The molecular formula is C17H21N5O. The van der Waals surface area contributed by atoms with Gasteiger partial charge in [0, 0.05) is 18.7 Å². The lowest BCUT2D eigenvalue weighted by atomic mass is 9.99. The molecule has 1 aromatic carbocycles. The smallest absolute Gasteiger partial charge is 0.240 e. The molecule has 0 radical (unpaired) electrons. The Hall–Kier alpha value is -2.21. The molecule has 2 aliphatic rings. The largest absolute Gasteiger partial charge is 0.371 e. The molecule has 23 heavy (non-hydrogen) atoms. The molecule has 1 saturated heterocycles. The zero-order valence-corrected chi connectivity index (χ0v) is 13.1. The van der Waals surface area contributed by atoms with E-state index in [4.69, 9.17) is 10.5 Å². The summed E-state index contributed by atoms with van der Waals surface area (Å²) in [5.41, 5.74) is 7.57. The molecule has 0 bridgehead atoms. The van der Waals surface area contributed by atoms with Crippen LogP contribution in [0.2, 0.25) is 0 Å². The van der Waals surface area contributed by atoms with Crippen molar-refractivity contribution in [2.45, 2.75) is 31.3 Å². The SMILES string of the molecule is Nc1nnc(N2CCOC3(CCCC3)C2)c(-c2ccccc2)n1. The van der Waals surface area contributed by atoms with Crippen molar-refractivity contribution in [3.63, 3.8) is 0 Å². The molecule has 1 spiro atoms. The summed E-state index contributed by atoms with van der Waals surface area (Å²) in [5, 5.41) is 8.36. The van der Waals surface area contributed by atoms with E-state index in [0.717, 1.165) is 49.6 Å². The number of ether oxygens (including phenoxy) is 1. The van der Waals surface area contributed by atoms with E-state index in [2.05, 4.69) is 20.1 Å². The van der Waals surface area contributed by atoms with Gasteiger partial charge in [-0.1, -0.05) is 43.2 Å². The predicted octanol–water partition coefficient (Wildman–Crippen LogP) is 2.27. The lowest BCUT2D eigenvalue weighted by molar-refractivity contribution is -0.0503. The number of hydrogen-bond donors (Lipinski definition) is 1. The maximum Gasteiger partial charge on any atom is 0.240 e. The highest BCUT2D eigenvalue weighted by atomic mass is 16.5. The fourth-order valence-electron chi connectivity index (χ4n) is 3.68. The molecule has 6 nitrogen and oxygen atoms in total. The van der Waals surface area contributed by atoms with E-state index in [9.17, 15) is 0 Å². The van der Waals surface area contributed by atoms with E-state index in [1.54, 1.807) is 0 Å². The topological polar surface area (TPSA) is 77.2 Å². The fourth-order valence-corrected chi connectivity index (χ4v) is 3.68. The number of benzene rings is 1. The molecule has 2 heterocycles. The van der Waals surface area contributed by atoms with Gasteiger partial charge in [0.05, 0.1) is 12.2 Å². The Morgan fingerprint density at radius 1 is 1.09 bits per heavy atom. The molecule has 1 aliphatic heterocycles. The summed E-state index contributed by atoms with van der Waals surface area (Å²) in [6.45, 7) is 2.38. The average Bonchev–Trinajstić information content (AvgIpc) is 3.03. The van der Waals surface area contributed by atoms with Crippen molar-refractivity contribution in [2.24, 2.45) is 0 Å². The number of anilines is 2. The van der Waals surface area contributed by atoms with Crippen LogP contribution in [0, 0.1) is 0 Å². The van der Waals surface area contributed by atoms with Crippen LogP contribution in [-0.2, 0) is 4.74 Å². The summed E-state index contributed by atoms with van der Waals surface area (Å²) in [6.07, 6.45) is 4.73. The standard InChI is InChI=1S/C17H21N5O/c18-16-19-14(13-6-2-1-3-7-13)15(20-21-16)22-10-11-23-17(12-22)8-4-5-9-17/h1-3,6-7H,4-5,8-12H2,(H2,18,19,21). The number of nitrogens with zero attached hydrogens (tertiary/aromatic N) is 4. The maximum atomic E-state index is 6.11. The quantitative estimate of drug-likeness (QED) is 0.917. The van der Waals surface area contributed by atoms with Crippen LogP contribution in [0.3, 0.4) is 0 Å². The van der Waals surface area contributed by atoms with Crippen molar-refractivity contribution in [1.82, 2.24) is 15.2 Å². The lowest BCUT2D eigenvalue weighted by Crippen LogP contribution is -2.51. The highest BCUT2D eigenvalue weighted by Crippen LogP contribution is 2.38. The van der Waals surface area contributed by atoms with Gasteiger partial charge in [-0.2, -0.15) is 0 Å². The Morgan fingerprint density at radius 3 is 2.65 bits per heavy atom. The highest BCUT2D eigenvalue weighted by molar-refractivity contribution is 5.72. The Balaban J connectivity index is 1.71. The van der Waals surface area contributed by atoms with Crippen LogP contribution in [0.4, 0.5) is 11.8 Å². The summed E-state index contributed by atoms with van der Waals surface area (Å²) >= 11 is 0. The molecule has 0 atom stereocenters. The third-order valence-corrected chi connectivity index (χ3v) is 4.80. The Kier molecular flexibility index (Phi) is 3.61. The van der Waals surface area contributed by atoms with Crippen LogP contribution in [0.5, 0.6) is 0 Å². The molecule has 1 aromatic heterocycles. The van der Waals surface area contributed by atoms with E-state index in [0.29, 0.717) is 0 Å². The number of aromatic nitrogens is 3. The number of nitrogens with two attached hydrogens (primary N) is 1. The molecule has 2 fully saturated rings. The molecule has 6 heteroatoms. The first-order valence-electron chi connectivity index (χ1n) is 8.20. The first-order chi connectivity index (χ1) is 11.3. The van der Waals surface area contributed by atoms with Gasteiger partial charge in [0.25, 0.3) is 0 Å². The van der Waals surface area contributed by atoms with Crippen LogP contribution in [-0.4, -0.2) is 40.5 Å². The molecule has 0 amide bonds. The van der Waals surface area contributed by atoms with Crippen molar-refractivity contribution in [1.29, 1.82) is 0 Å². The Bertz CT molecular complexity index is 685. The lowest BCUT2D eigenvalue weighted by Gasteiger charge is -2.41. The second kappa shape index (κ2) is 5.77. The minimum absolute atomic E-state index is 0.0186. The van der Waals surface area contributed by atoms with Gasteiger partial charge in [-0.25, -0.2) is 4.98 Å². The second-order valence-electron chi connectivity index (χ2n) is 6.37. The van der Waals surface area contributed by atoms with Crippen LogP contribution in [0.1, 0.15) is 25.7 Å². The molecule has 4 rings (SSSR count). The van der Waals surface area contributed by atoms with Crippen LogP contribution < -0.4 is 10.6 Å². The normalized spacial score (nSPS) is 20.1. The van der Waals surface area contributed by atoms with Gasteiger partial charge < -0.3 is 15.4 Å². The van der Waals surface area contributed by atoms with Crippen LogP contribution in [0.15, 0.2) is 30.3 Å². The summed E-state index contributed by atoms with van der Waals surface area (Å²) in [4.78, 5) is 6.72. The number of morpholine rings is 1. The van der Waals surface area contributed by atoms with Crippen molar-refractivity contribution in [3.8, 4) is 11.3 Å². The van der Waals surface area contributed by atoms with E-state index < -0.39 is 0 Å². The van der Waals surface area contributed by atoms with Gasteiger partial charge in [-0.15, -0.1) is 10.2 Å². The Morgan fingerprint density at radius 2 is 1.87 bits per heavy atom. The minimum atomic E-state index is -0.0186. The number of nitrogen functional groups attached to an aromatic ring is 1. The first-order valence-corrected chi connectivity index (χ1v) is 8.20. The van der Waals surface area contributed by atoms with E-state index in [-0.39, 0.29) is 11.5 Å². The summed E-state index contributed by atoms with van der Waals surface area (Å²) < 4.78 is 6.11. The molecule has 2 N–H and O–H groups in total. The van der Waals surface area contributed by atoms with Gasteiger partial charge in [0.1, 0.15) is 5.69 Å². The number of rotatable bonds is 2. The monoisotopic (exact) mass is 311 g/mol. The zero-order valence-electron chi connectivity index (χ0n) is 13.1. The average molecular weight is 311 g/mol. The van der Waals surface area contributed by atoms with Crippen molar-refractivity contribution in [2.75, 3.05) is 30.3 Å². The summed E-state index contributed by atoms with van der Waals surface area (Å²) in [5.74, 6) is 1.01. The molecule has 1 saturated carbocycles. The van der Waals surface area contributed by atoms with Crippen molar-refractivity contribution < 1.29 is 4.74 Å². The first kappa shape index (κ1) is 14.4. The molecule has 2 aromatic rings. The summed E-state index contributed by atoms with van der Waals surface area (Å²) in [6, 6.07) is 10.0. The number of hydrogen-bond acceptors (Lipinski definition) is 6. The maximum absolute atomic E-state index is 6.11. The van der Waals surface area contributed by atoms with Gasteiger partial charge in [0.2, 0.25) is 5.95 Å². The zero-order chi connectivity index (χ0) is 15.7. The molecular weight excluding hydrogens is 290 g/mol. The fraction of sp³-hybridized carbons (Fsp3) is 0.471. The van der Waals surface area contributed by atoms with Gasteiger partial charge >= 0.3 is 0 Å². The van der Waals surface area contributed by atoms with Gasteiger partial charge in [-0.05, 0) is 12.8 Å². The van der Waals surface area contributed by atoms with E-state index >= 15 is 0 Å². The third-order valence-electron chi connectivity index (χ3n) is 4.80. The van der Waals surface area contributed by atoms with Crippen molar-refractivity contribution in [3.05, 3.63) is 30.3 Å². The summed E-state index contributed by atoms with van der Waals surface area (Å²) in [7, 11) is 0. The van der Waals surface area contributed by atoms with Gasteiger partial charge in [0.15, 0.2) is 5.82 Å². The van der Waals surface area contributed by atoms with E-state index in [1.165, 1.54) is 12.8 Å².